The van der Waals surface area contributed by atoms with E-state index in [0.29, 0.717) is 34.7 Å². The summed E-state index contributed by atoms with van der Waals surface area (Å²) in [5.41, 5.74) is 2.45. The van der Waals surface area contributed by atoms with Crippen molar-refractivity contribution in [3.63, 3.8) is 0 Å². The van der Waals surface area contributed by atoms with E-state index in [2.05, 4.69) is 15.6 Å². The Labute approximate surface area is 222 Å². The number of carbonyl (C=O) groups is 2. The van der Waals surface area contributed by atoms with Gasteiger partial charge in [0.15, 0.2) is 5.69 Å². The van der Waals surface area contributed by atoms with Gasteiger partial charge in [0.2, 0.25) is 0 Å². The van der Waals surface area contributed by atoms with Crippen LogP contribution in [0.4, 0.5) is 10.5 Å². The third-order valence-corrected chi connectivity index (χ3v) is 7.09. The SMILES string of the molecule is O=C(O)C[C@H](NC(=O)Nc1c(O)c2c(n(Cc3ccccc3Cl)c1=O)CCC2)c1cnc2ccccc2c1. The number of urea groups is 1. The number of para-hydroxylation sites is 1. The number of nitrogens with one attached hydrogen (secondary N) is 2. The molecule has 2 amide bonds. The molecule has 0 spiro atoms. The van der Waals surface area contributed by atoms with Crippen molar-refractivity contribution in [1.82, 2.24) is 14.9 Å². The third kappa shape index (κ3) is 5.05. The highest BCUT2D eigenvalue weighted by Crippen LogP contribution is 2.34. The molecule has 4 N–H and O–H groups in total. The number of carboxylic acids is 1. The van der Waals surface area contributed by atoms with Crippen molar-refractivity contribution in [2.45, 2.75) is 38.3 Å². The second-order valence-electron chi connectivity index (χ2n) is 9.20. The van der Waals surface area contributed by atoms with Crippen molar-refractivity contribution in [3.05, 3.63) is 98.6 Å². The predicted molar refractivity (Wildman–Crippen MR) is 144 cm³/mol. The van der Waals surface area contributed by atoms with Crippen LogP contribution in [0.2, 0.25) is 5.02 Å². The fourth-order valence-electron chi connectivity index (χ4n) is 4.88. The smallest absolute Gasteiger partial charge is 0.319 e. The number of aromatic nitrogens is 2. The summed E-state index contributed by atoms with van der Waals surface area (Å²) in [7, 11) is 0. The molecule has 2 aromatic heterocycles. The Morgan fingerprint density at radius 2 is 1.87 bits per heavy atom. The maximum absolute atomic E-state index is 13.5. The molecule has 0 fully saturated rings. The number of aromatic hydroxyl groups is 1. The zero-order valence-corrected chi connectivity index (χ0v) is 21.0. The van der Waals surface area contributed by atoms with Crippen LogP contribution < -0.4 is 16.2 Å². The largest absolute Gasteiger partial charge is 0.505 e. The van der Waals surface area contributed by atoms with E-state index in [-0.39, 0.29) is 18.0 Å². The van der Waals surface area contributed by atoms with Gasteiger partial charge in [0.05, 0.1) is 24.5 Å². The Hall–Kier alpha value is -4.37. The van der Waals surface area contributed by atoms with E-state index in [1.54, 1.807) is 18.2 Å². The van der Waals surface area contributed by atoms with E-state index in [0.717, 1.165) is 22.9 Å². The van der Waals surface area contributed by atoms with Gasteiger partial charge < -0.3 is 25.4 Å². The maximum atomic E-state index is 13.5. The molecule has 38 heavy (non-hydrogen) atoms. The number of hydrogen-bond acceptors (Lipinski definition) is 5. The fourth-order valence-corrected chi connectivity index (χ4v) is 5.08. The molecule has 5 rings (SSSR count). The Morgan fingerprint density at radius 1 is 1.11 bits per heavy atom. The Morgan fingerprint density at radius 3 is 2.66 bits per heavy atom. The number of benzene rings is 2. The average molecular weight is 533 g/mol. The number of rotatable bonds is 7. The Balaban J connectivity index is 1.45. The van der Waals surface area contributed by atoms with Gasteiger partial charge in [-0.3, -0.25) is 14.6 Å². The van der Waals surface area contributed by atoms with Crippen LogP contribution in [0, 0.1) is 0 Å². The summed E-state index contributed by atoms with van der Waals surface area (Å²) >= 11 is 6.33. The quantitative estimate of drug-likeness (QED) is 0.274. The lowest BCUT2D eigenvalue weighted by atomic mass is 10.0. The van der Waals surface area contributed by atoms with Crippen molar-refractivity contribution in [1.29, 1.82) is 0 Å². The van der Waals surface area contributed by atoms with Gasteiger partial charge in [-0.05, 0) is 48.6 Å². The van der Waals surface area contributed by atoms with Gasteiger partial charge in [-0.15, -0.1) is 0 Å². The van der Waals surface area contributed by atoms with Crippen LogP contribution >= 0.6 is 11.6 Å². The first-order valence-electron chi connectivity index (χ1n) is 12.2. The molecule has 9 nitrogen and oxygen atoms in total. The van der Waals surface area contributed by atoms with Crippen LogP contribution in [0.25, 0.3) is 10.9 Å². The van der Waals surface area contributed by atoms with Crippen LogP contribution in [-0.2, 0) is 24.2 Å². The van der Waals surface area contributed by atoms with Crippen LogP contribution in [0.3, 0.4) is 0 Å². The van der Waals surface area contributed by atoms with E-state index in [4.69, 9.17) is 11.6 Å². The normalized spacial score (nSPS) is 13.2. The van der Waals surface area contributed by atoms with Gasteiger partial charge in [-0.25, -0.2) is 4.79 Å². The number of carboxylic acid groups (broad SMARTS) is 1. The number of hydrogen-bond donors (Lipinski definition) is 4. The molecule has 1 aliphatic carbocycles. The molecule has 194 valence electrons. The minimum atomic E-state index is -1.12. The summed E-state index contributed by atoms with van der Waals surface area (Å²) in [6.07, 6.45) is 3.05. The topological polar surface area (TPSA) is 134 Å². The summed E-state index contributed by atoms with van der Waals surface area (Å²) < 4.78 is 1.53. The summed E-state index contributed by atoms with van der Waals surface area (Å²) in [5.74, 6) is -1.39. The summed E-state index contributed by atoms with van der Waals surface area (Å²) in [5, 5.41) is 26.8. The summed E-state index contributed by atoms with van der Waals surface area (Å²) in [4.78, 5) is 42.5. The molecule has 1 aliphatic rings. The van der Waals surface area contributed by atoms with E-state index in [1.165, 1.54) is 10.8 Å². The summed E-state index contributed by atoms with van der Waals surface area (Å²) in [6, 6.07) is 14.5. The number of halogens is 1. The van der Waals surface area contributed by atoms with Gasteiger partial charge in [0.1, 0.15) is 5.75 Å². The first-order chi connectivity index (χ1) is 18.3. The van der Waals surface area contributed by atoms with Crippen LogP contribution in [-0.4, -0.2) is 31.8 Å². The first-order valence-corrected chi connectivity index (χ1v) is 12.5. The molecule has 10 heteroatoms. The van der Waals surface area contributed by atoms with Crippen LogP contribution in [0.15, 0.2) is 65.6 Å². The van der Waals surface area contributed by atoms with Crippen molar-refractivity contribution < 1.29 is 19.8 Å². The highest BCUT2D eigenvalue weighted by atomic mass is 35.5. The second kappa shape index (κ2) is 10.5. The minimum absolute atomic E-state index is 0.182. The number of amides is 2. The van der Waals surface area contributed by atoms with E-state index >= 15 is 0 Å². The monoisotopic (exact) mass is 532 g/mol. The number of anilines is 1. The minimum Gasteiger partial charge on any atom is -0.505 e. The van der Waals surface area contributed by atoms with Crippen molar-refractivity contribution in [2.75, 3.05) is 5.32 Å². The van der Waals surface area contributed by atoms with Crippen LogP contribution in [0.5, 0.6) is 5.75 Å². The van der Waals surface area contributed by atoms with E-state index < -0.39 is 30.0 Å². The number of carbonyl (C=O) groups excluding carboxylic acids is 1. The number of aliphatic carboxylic acids is 1. The van der Waals surface area contributed by atoms with Gasteiger partial charge in [-0.2, -0.15) is 0 Å². The van der Waals surface area contributed by atoms with Crippen molar-refractivity contribution >= 4 is 40.2 Å². The number of nitrogens with zero attached hydrogens (tertiary/aromatic N) is 2. The number of pyridine rings is 2. The zero-order valence-electron chi connectivity index (χ0n) is 20.3. The van der Waals surface area contributed by atoms with E-state index in [1.807, 2.05) is 36.4 Å². The fraction of sp³-hybridized carbons (Fsp3) is 0.214. The highest BCUT2D eigenvalue weighted by Gasteiger charge is 2.27. The molecule has 0 radical (unpaired) electrons. The summed E-state index contributed by atoms with van der Waals surface area (Å²) in [6.45, 7) is 0.182. The van der Waals surface area contributed by atoms with Gasteiger partial charge in [-0.1, -0.05) is 48.0 Å². The maximum Gasteiger partial charge on any atom is 0.319 e. The van der Waals surface area contributed by atoms with Crippen LogP contribution in [0.1, 0.15) is 41.3 Å². The highest BCUT2D eigenvalue weighted by molar-refractivity contribution is 6.31. The molecule has 0 saturated heterocycles. The molecule has 1 atom stereocenters. The molecule has 0 saturated carbocycles. The standard InChI is InChI=1S/C28H25ClN4O5/c29-20-9-3-1-7-17(20)15-33-23-11-5-8-19(23)26(36)25(27(33)37)32-28(38)31-22(13-24(34)35)18-12-16-6-2-4-10-21(16)30-14-18/h1-4,6-7,9-10,12,14,22,36H,5,8,11,13,15H2,(H,34,35)(H2,31,32,38)/t22-/m0/s1. The first kappa shape index (κ1) is 25.3. The third-order valence-electron chi connectivity index (χ3n) is 6.72. The van der Waals surface area contributed by atoms with Gasteiger partial charge in [0.25, 0.3) is 5.56 Å². The second-order valence-corrected chi connectivity index (χ2v) is 9.60. The molecular weight excluding hydrogens is 508 g/mol. The molecule has 4 aromatic rings. The van der Waals surface area contributed by atoms with E-state index in [9.17, 15) is 24.6 Å². The lowest BCUT2D eigenvalue weighted by Crippen LogP contribution is -2.37. The molecule has 2 aromatic carbocycles. The molecule has 2 heterocycles. The molecule has 0 bridgehead atoms. The lowest BCUT2D eigenvalue weighted by molar-refractivity contribution is -0.137. The predicted octanol–water partition coefficient (Wildman–Crippen LogP) is 4.63. The van der Waals surface area contributed by atoms with Gasteiger partial charge >= 0.3 is 12.0 Å². The Kier molecular flexibility index (Phi) is 7.02. The van der Waals surface area contributed by atoms with Crippen molar-refractivity contribution in [3.8, 4) is 5.75 Å². The van der Waals surface area contributed by atoms with Crippen molar-refractivity contribution in [2.24, 2.45) is 0 Å². The molecule has 0 unspecified atom stereocenters. The Bertz CT molecular complexity index is 1620. The number of fused-ring (bicyclic) bond motifs is 2. The average Bonchev–Trinajstić information content (AvgIpc) is 3.39. The molecular formula is C28H25ClN4O5. The lowest BCUT2D eigenvalue weighted by Gasteiger charge is -2.20. The zero-order chi connectivity index (χ0) is 26.8. The van der Waals surface area contributed by atoms with Gasteiger partial charge in [0, 0.05) is 27.9 Å². The molecule has 0 aliphatic heterocycles.